The standard InChI is InChI=1S/C9H12BrNO2/c1-2-8(11-13)7-5-6(10)3-4-9(7)12/h3-5,8,11-13H,2H2,1H3/t8-/m1/s1. The highest BCUT2D eigenvalue weighted by Gasteiger charge is 2.12. The molecule has 0 aliphatic rings. The summed E-state index contributed by atoms with van der Waals surface area (Å²) in [5.74, 6) is 0.191. The monoisotopic (exact) mass is 245 g/mol. The number of nitrogens with one attached hydrogen (secondary N) is 1. The topological polar surface area (TPSA) is 52.5 Å². The van der Waals surface area contributed by atoms with Gasteiger partial charge >= 0.3 is 0 Å². The van der Waals surface area contributed by atoms with Crippen molar-refractivity contribution in [2.24, 2.45) is 0 Å². The van der Waals surface area contributed by atoms with Gasteiger partial charge in [-0.15, -0.1) is 0 Å². The molecule has 0 radical (unpaired) electrons. The van der Waals surface area contributed by atoms with E-state index < -0.39 is 0 Å². The second-order valence-electron chi connectivity index (χ2n) is 2.79. The third-order valence-corrected chi connectivity index (χ3v) is 2.42. The SMILES string of the molecule is CC[C@@H](NO)c1cc(Br)ccc1O. The van der Waals surface area contributed by atoms with E-state index in [1.165, 1.54) is 0 Å². The number of hydroxylamine groups is 1. The third kappa shape index (κ3) is 2.43. The Bertz CT molecular complexity index is 287. The van der Waals surface area contributed by atoms with Gasteiger partial charge in [-0.2, -0.15) is 5.48 Å². The molecule has 0 spiro atoms. The first-order valence-corrected chi connectivity index (χ1v) is 4.86. The zero-order valence-corrected chi connectivity index (χ0v) is 8.87. The van der Waals surface area contributed by atoms with Crippen molar-refractivity contribution in [1.82, 2.24) is 5.48 Å². The molecule has 1 aromatic carbocycles. The van der Waals surface area contributed by atoms with Crippen molar-refractivity contribution in [3.05, 3.63) is 28.2 Å². The van der Waals surface area contributed by atoms with Gasteiger partial charge in [-0.1, -0.05) is 22.9 Å². The maximum Gasteiger partial charge on any atom is 0.120 e. The number of phenols is 1. The predicted octanol–water partition coefficient (Wildman–Crippen LogP) is 2.58. The second-order valence-corrected chi connectivity index (χ2v) is 3.71. The quantitative estimate of drug-likeness (QED) is 0.718. The summed E-state index contributed by atoms with van der Waals surface area (Å²) in [7, 11) is 0. The van der Waals surface area contributed by atoms with Crippen molar-refractivity contribution in [2.75, 3.05) is 0 Å². The van der Waals surface area contributed by atoms with Crippen LogP contribution in [-0.2, 0) is 0 Å². The molecular weight excluding hydrogens is 234 g/mol. The molecule has 1 rings (SSSR count). The van der Waals surface area contributed by atoms with Crippen molar-refractivity contribution in [3.63, 3.8) is 0 Å². The van der Waals surface area contributed by atoms with Crippen LogP contribution in [0.5, 0.6) is 5.75 Å². The van der Waals surface area contributed by atoms with Gasteiger partial charge in [-0.25, -0.2) is 0 Å². The molecule has 3 N–H and O–H groups in total. The van der Waals surface area contributed by atoms with Crippen molar-refractivity contribution in [1.29, 1.82) is 0 Å². The maximum absolute atomic E-state index is 9.50. The number of benzene rings is 1. The number of rotatable bonds is 3. The molecule has 72 valence electrons. The normalized spacial score (nSPS) is 12.8. The molecule has 1 aromatic rings. The van der Waals surface area contributed by atoms with Gasteiger partial charge in [0.05, 0.1) is 6.04 Å². The first-order valence-electron chi connectivity index (χ1n) is 4.07. The lowest BCUT2D eigenvalue weighted by Crippen LogP contribution is -2.16. The van der Waals surface area contributed by atoms with E-state index >= 15 is 0 Å². The Morgan fingerprint density at radius 3 is 2.77 bits per heavy atom. The summed E-state index contributed by atoms with van der Waals surface area (Å²) in [4.78, 5) is 0. The Kier molecular flexibility index (Phi) is 3.71. The first-order chi connectivity index (χ1) is 6.19. The molecule has 0 fully saturated rings. The maximum atomic E-state index is 9.50. The van der Waals surface area contributed by atoms with E-state index in [9.17, 15) is 5.11 Å². The summed E-state index contributed by atoms with van der Waals surface area (Å²) in [5, 5.41) is 18.3. The minimum absolute atomic E-state index is 0.191. The average molecular weight is 246 g/mol. The van der Waals surface area contributed by atoms with Crippen LogP contribution < -0.4 is 5.48 Å². The minimum atomic E-state index is -0.225. The fourth-order valence-electron chi connectivity index (χ4n) is 1.19. The zero-order chi connectivity index (χ0) is 9.84. The lowest BCUT2D eigenvalue weighted by molar-refractivity contribution is 0.123. The first kappa shape index (κ1) is 10.5. The molecule has 0 bridgehead atoms. The molecule has 0 amide bonds. The molecule has 0 aromatic heterocycles. The smallest absolute Gasteiger partial charge is 0.120 e. The summed E-state index contributed by atoms with van der Waals surface area (Å²) in [5.41, 5.74) is 2.85. The Morgan fingerprint density at radius 2 is 2.23 bits per heavy atom. The molecule has 0 heterocycles. The number of hydrogen-bond acceptors (Lipinski definition) is 3. The lowest BCUT2D eigenvalue weighted by atomic mass is 10.0. The van der Waals surface area contributed by atoms with Crippen LogP contribution in [0.15, 0.2) is 22.7 Å². The highest BCUT2D eigenvalue weighted by molar-refractivity contribution is 9.10. The summed E-state index contributed by atoms with van der Waals surface area (Å²) < 4.78 is 0.883. The molecular formula is C9H12BrNO2. The molecule has 0 aliphatic heterocycles. The Balaban J connectivity index is 3.03. The summed E-state index contributed by atoms with van der Waals surface area (Å²) in [6.07, 6.45) is 0.709. The van der Waals surface area contributed by atoms with E-state index in [1.54, 1.807) is 18.2 Å². The van der Waals surface area contributed by atoms with E-state index in [1.807, 2.05) is 6.92 Å². The van der Waals surface area contributed by atoms with Crippen LogP contribution >= 0.6 is 15.9 Å². The van der Waals surface area contributed by atoms with E-state index in [0.29, 0.717) is 12.0 Å². The molecule has 0 saturated heterocycles. The number of aromatic hydroxyl groups is 1. The van der Waals surface area contributed by atoms with Gasteiger partial charge in [0.25, 0.3) is 0 Å². The van der Waals surface area contributed by atoms with Crippen LogP contribution in [0, 0.1) is 0 Å². The van der Waals surface area contributed by atoms with E-state index in [2.05, 4.69) is 21.4 Å². The van der Waals surface area contributed by atoms with Crippen LogP contribution in [-0.4, -0.2) is 10.3 Å². The van der Waals surface area contributed by atoms with Crippen LogP contribution in [0.2, 0.25) is 0 Å². The van der Waals surface area contributed by atoms with Crippen LogP contribution in [0.4, 0.5) is 0 Å². The molecule has 0 aliphatic carbocycles. The van der Waals surface area contributed by atoms with Crippen molar-refractivity contribution < 1.29 is 10.3 Å². The average Bonchev–Trinajstić information content (AvgIpc) is 2.13. The van der Waals surface area contributed by atoms with Gasteiger partial charge in [0.15, 0.2) is 0 Å². The molecule has 0 saturated carbocycles. The van der Waals surface area contributed by atoms with E-state index in [0.717, 1.165) is 4.47 Å². The summed E-state index contributed by atoms with van der Waals surface area (Å²) in [6.45, 7) is 1.92. The van der Waals surface area contributed by atoms with E-state index in [4.69, 9.17) is 5.21 Å². The van der Waals surface area contributed by atoms with Gasteiger partial charge < -0.3 is 10.3 Å². The fourth-order valence-corrected chi connectivity index (χ4v) is 1.56. The Hall–Kier alpha value is -0.580. The zero-order valence-electron chi connectivity index (χ0n) is 7.29. The highest BCUT2D eigenvalue weighted by atomic mass is 79.9. The van der Waals surface area contributed by atoms with Crippen LogP contribution in [0.1, 0.15) is 24.9 Å². The van der Waals surface area contributed by atoms with Gasteiger partial charge in [0.2, 0.25) is 0 Å². The van der Waals surface area contributed by atoms with Crippen LogP contribution in [0.3, 0.4) is 0 Å². The predicted molar refractivity (Wildman–Crippen MR) is 53.8 cm³/mol. The molecule has 3 nitrogen and oxygen atoms in total. The van der Waals surface area contributed by atoms with Crippen molar-refractivity contribution in [2.45, 2.75) is 19.4 Å². The van der Waals surface area contributed by atoms with Crippen molar-refractivity contribution in [3.8, 4) is 5.75 Å². The van der Waals surface area contributed by atoms with Gasteiger partial charge in [0, 0.05) is 10.0 Å². The van der Waals surface area contributed by atoms with Gasteiger partial charge in [0.1, 0.15) is 5.75 Å². The van der Waals surface area contributed by atoms with E-state index in [-0.39, 0.29) is 11.8 Å². The van der Waals surface area contributed by atoms with Gasteiger partial charge in [-0.05, 0) is 24.6 Å². The molecule has 1 atom stereocenters. The molecule has 13 heavy (non-hydrogen) atoms. The largest absolute Gasteiger partial charge is 0.508 e. The molecule has 0 unspecified atom stereocenters. The third-order valence-electron chi connectivity index (χ3n) is 1.93. The molecule has 4 heteroatoms. The van der Waals surface area contributed by atoms with Gasteiger partial charge in [-0.3, -0.25) is 0 Å². The number of halogens is 1. The fraction of sp³-hybridized carbons (Fsp3) is 0.333. The Labute approximate surface area is 85.5 Å². The minimum Gasteiger partial charge on any atom is -0.508 e. The number of phenolic OH excluding ortho intramolecular Hbond substituents is 1. The lowest BCUT2D eigenvalue weighted by Gasteiger charge is -2.14. The second kappa shape index (κ2) is 4.60. The summed E-state index contributed by atoms with van der Waals surface area (Å²) >= 11 is 3.30. The van der Waals surface area contributed by atoms with Crippen molar-refractivity contribution >= 4 is 15.9 Å². The summed E-state index contributed by atoms with van der Waals surface area (Å²) in [6, 6.07) is 4.91. The van der Waals surface area contributed by atoms with Crippen LogP contribution in [0.25, 0.3) is 0 Å². The number of hydrogen-bond donors (Lipinski definition) is 3. The highest BCUT2D eigenvalue weighted by Crippen LogP contribution is 2.28. The Morgan fingerprint density at radius 1 is 1.54 bits per heavy atom.